The van der Waals surface area contributed by atoms with Gasteiger partial charge in [-0.3, -0.25) is 20.4 Å². The third-order valence-corrected chi connectivity index (χ3v) is 2.90. The maximum absolute atomic E-state index is 11.9. The fourth-order valence-electron chi connectivity index (χ4n) is 1.81. The van der Waals surface area contributed by atoms with Crippen LogP contribution in [0.25, 0.3) is 0 Å². The van der Waals surface area contributed by atoms with Crippen molar-refractivity contribution in [1.82, 2.24) is 10.9 Å². The van der Waals surface area contributed by atoms with Crippen molar-refractivity contribution in [3.8, 4) is 5.75 Å². The zero-order valence-electron chi connectivity index (χ0n) is 13.8. The summed E-state index contributed by atoms with van der Waals surface area (Å²) in [6.07, 6.45) is 0. The van der Waals surface area contributed by atoms with Crippen molar-refractivity contribution in [2.24, 2.45) is 0 Å². The molecule has 2 amide bonds. The molecule has 2 N–H and O–H groups in total. The van der Waals surface area contributed by atoms with Gasteiger partial charge in [-0.15, -0.1) is 0 Å². The van der Waals surface area contributed by atoms with E-state index in [1.807, 2.05) is 26.8 Å². The summed E-state index contributed by atoms with van der Waals surface area (Å²) in [7, 11) is 1.52. The van der Waals surface area contributed by atoms with E-state index < -0.39 is 5.91 Å². The minimum atomic E-state index is -0.407. The number of ether oxygens (including phenoxy) is 1. The molecule has 0 radical (unpaired) electrons. The molecule has 0 aromatic heterocycles. The van der Waals surface area contributed by atoms with Gasteiger partial charge in [0.05, 0.1) is 7.11 Å². The van der Waals surface area contributed by atoms with E-state index in [-0.39, 0.29) is 5.91 Å². The molecule has 23 heavy (non-hydrogen) atoms. The lowest BCUT2D eigenvalue weighted by Crippen LogP contribution is -2.41. The van der Waals surface area contributed by atoms with E-state index in [4.69, 9.17) is 4.74 Å². The van der Waals surface area contributed by atoms with E-state index in [0.29, 0.717) is 16.9 Å². The molecule has 122 valence electrons. The highest BCUT2D eigenvalue weighted by Crippen LogP contribution is 2.12. The van der Waals surface area contributed by atoms with Crippen LogP contribution in [0.3, 0.4) is 0 Å². The molecule has 0 bridgehead atoms. The average molecular weight is 314 g/mol. The summed E-state index contributed by atoms with van der Waals surface area (Å²) in [4.78, 5) is 23.8. The molecule has 0 spiro atoms. The monoisotopic (exact) mass is 314 g/mol. The van der Waals surface area contributed by atoms with Crippen molar-refractivity contribution in [1.29, 1.82) is 0 Å². The summed E-state index contributed by atoms with van der Waals surface area (Å²) in [6.45, 7) is 5.89. The number of rotatable bonds is 3. The lowest BCUT2D eigenvalue weighted by Gasteiger charge is -2.08. The molecule has 0 aliphatic rings. The molecule has 0 fully saturated rings. The van der Waals surface area contributed by atoms with Gasteiger partial charge < -0.3 is 4.74 Å². The number of hydrogen-bond acceptors (Lipinski definition) is 3. The minimum absolute atomic E-state index is 0.366. The maximum atomic E-state index is 11.9. The van der Waals surface area contributed by atoms with Crippen LogP contribution in [0, 0.1) is 6.92 Å². The highest BCUT2D eigenvalue weighted by atomic mass is 16.5. The molecular weight excluding hydrogens is 292 g/mol. The van der Waals surface area contributed by atoms with Gasteiger partial charge in [-0.2, -0.15) is 0 Å². The smallest absolute Gasteiger partial charge is 0.269 e. The van der Waals surface area contributed by atoms with Gasteiger partial charge in [0.25, 0.3) is 11.8 Å². The molecule has 2 aromatic rings. The lowest BCUT2D eigenvalue weighted by molar-refractivity contribution is 0.0846. The second-order valence-electron chi connectivity index (χ2n) is 4.51. The Kier molecular flexibility index (Phi) is 7.33. The quantitative estimate of drug-likeness (QED) is 0.855. The number of hydrogen-bond donors (Lipinski definition) is 2. The number of nitrogens with one attached hydrogen (secondary N) is 2. The largest absolute Gasteiger partial charge is 0.497 e. The number of carbonyl (C=O) groups excluding carboxylic acids is 2. The van der Waals surface area contributed by atoms with Crippen LogP contribution in [0.4, 0.5) is 0 Å². The van der Waals surface area contributed by atoms with E-state index in [9.17, 15) is 9.59 Å². The Bertz CT molecular complexity index is 669. The van der Waals surface area contributed by atoms with Crippen molar-refractivity contribution in [3.63, 3.8) is 0 Å². The normalized spacial score (nSPS) is 9.22. The third kappa shape index (κ3) is 5.47. The minimum Gasteiger partial charge on any atom is -0.497 e. The Balaban J connectivity index is 0.00000127. The first kappa shape index (κ1) is 18.2. The summed E-state index contributed by atoms with van der Waals surface area (Å²) in [5.74, 6) is -0.197. The van der Waals surface area contributed by atoms with Gasteiger partial charge in [0.15, 0.2) is 0 Å². The van der Waals surface area contributed by atoms with Crippen LogP contribution in [0.2, 0.25) is 0 Å². The van der Waals surface area contributed by atoms with Crippen molar-refractivity contribution in [2.45, 2.75) is 20.8 Å². The molecule has 0 aliphatic heterocycles. The van der Waals surface area contributed by atoms with Crippen LogP contribution in [-0.4, -0.2) is 18.9 Å². The SMILES string of the molecule is CC.COc1cccc(C(=O)NNC(=O)c2cccc(C)c2)c1. The summed E-state index contributed by atoms with van der Waals surface area (Å²) >= 11 is 0. The predicted molar refractivity (Wildman–Crippen MR) is 90.5 cm³/mol. The molecule has 2 rings (SSSR count). The summed E-state index contributed by atoms with van der Waals surface area (Å²) in [5.41, 5.74) is 6.62. The van der Waals surface area contributed by atoms with E-state index in [1.165, 1.54) is 7.11 Å². The van der Waals surface area contributed by atoms with E-state index >= 15 is 0 Å². The van der Waals surface area contributed by atoms with E-state index in [0.717, 1.165) is 5.56 Å². The van der Waals surface area contributed by atoms with Gasteiger partial charge in [-0.05, 0) is 37.3 Å². The van der Waals surface area contributed by atoms with Crippen LogP contribution in [0.15, 0.2) is 48.5 Å². The molecule has 2 aromatic carbocycles. The number of benzene rings is 2. The number of aryl methyl sites for hydroxylation is 1. The molecule has 0 unspecified atom stereocenters. The summed E-state index contributed by atoms with van der Waals surface area (Å²) in [5, 5.41) is 0. The van der Waals surface area contributed by atoms with Crippen molar-refractivity contribution < 1.29 is 14.3 Å². The zero-order chi connectivity index (χ0) is 17.2. The first-order valence-electron chi connectivity index (χ1n) is 7.41. The Morgan fingerprint density at radius 2 is 1.39 bits per heavy atom. The number of hydrazine groups is 1. The van der Waals surface area contributed by atoms with E-state index in [1.54, 1.807) is 42.5 Å². The molecule has 0 heterocycles. The molecular formula is C18H22N2O3. The lowest BCUT2D eigenvalue weighted by atomic mass is 10.1. The second kappa shape index (κ2) is 9.25. The van der Waals surface area contributed by atoms with Gasteiger partial charge in [0.1, 0.15) is 5.75 Å². The van der Waals surface area contributed by atoms with Crippen LogP contribution in [-0.2, 0) is 0 Å². The van der Waals surface area contributed by atoms with Crippen molar-refractivity contribution in [2.75, 3.05) is 7.11 Å². The van der Waals surface area contributed by atoms with E-state index in [2.05, 4.69) is 10.9 Å². The van der Waals surface area contributed by atoms with Gasteiger partial charge in [-0.1, -0.05) is 37.6 Å². The van der Waals surface area contributed by atoms with Gasteiger partial charge in [0, 0.05) is 11.1 Å². The molecule has 0 atom stereocenters. The fraction of sp³-hybridized carbons (Fsp3) is 0.222. The van der Waals surface area contributed by atoms with Gasteiger partial charge >= 0.3 is 0 Å². The van der Waals surface area contributed by atoms with Gasteiger partial charge in [-0.25, -0.2) is 0 Å². The third-order valence-electron chi connectivity index (χ3n) is 2.90. The Morgan fingerprint density at radius 3 is 1.91 bits per heavy atom. The summed E-state index contributed by atoms with van der Waals surface area (Å²) in [6, 6.07) is 13.8. The van der Waals surface area contributed by atoms with Crippen LogP contribution in [0.1, 0.15) is 40.1 Å². The highest BCUT2D eigenvalue weighted by Gasteiger charge is 2.09. The number of methoxy groups -OCH3 is 1. The molecule has 5 heteroatoms. The molecule has 0 saturated heterocycles. The Hall–Kier alpha value is -2.82. The van der Waals surface area contributed by atoms with Gasteiger partial charge in [0.2, 0.25) is 0 Å². The van der Waals surface area contributed by atoms with Crippen molar-refractivity contribution in [3.05, 3.63) is 65.2 Å². The standard InChI is InChI=1S/C16H16N2O3.C2H6/c1-11-5-3-6-12(9-11)15(19)17-18-16(20)13-7-4-8-14(10-13)21-2;1-2/h3-10H,1-2H3,(H,17,19)(H,18,20);1-2H3. The molecule has 5 nitrogen and oxygen atoms in total. The van der Waals surface area contributed by atoms with Crippen LogP contribution >= 0.6 is 0 Å². The second-order valence-corrected chi connectivity index (χ2v) is 4.51. The Morgan fingerprint density at radius 1 is 0.870 bits per heavy atom. The van der Waals surface area contributed by atoms with Crippen molar-refractivity contribution >= 4 is 11.8 Å². The van der Waals surface area contributed by atoms with Crippen LogP contribution in [0.5, 0.6) is 5.75 Å². The number of amides is 2. The molecule has 0 aliphatic carbocycles. The fourth-order valence-corrected chi connectivity index (χ4v) is 1.81. The maximum Gasteiger partial charge on any atom is 0.269 e. The summed E-state index contributed by atoms with van der Waals surface area (Å²) < 4.78 is 5.05. The first-order chi connectivity index (χ1) is 11.1. The Labute approximate surface area is 136 Å². The zero-order valence-corrected chi connectivity index (χ0v) is 13.8. The highest BCUT2D eigenvalue weighted by molar-refractivity contribution is 5.99. The van der Waals surface area contributed by atoms with Crippen LogP contribution < -0.4 is 15.6 Å². The first-order valence-corrected chi connectivity index (χ1v) is 7.41. The average Bonchev–Trinajstić information content (AvgIpc) is 2.61. The predicted octanol–water partition coefficient (Wildman–Crippen LogP) is 3.10. The topological polar surface area (TPSA) is 67.4 Å². The number of carbonyl (C=O) groups is 2. The molecule has 0 saturated carbocycles.